The predicted molar refractivity (Wildman–Crippen MR) is 92.9 cm³/mol. The van der Waals surface area contributed by atoms with Gasteiger partial charge in [-0.2, -0.15) is 15.0 Å². The van der Waals surface area contributed by atoms with Crippen molar-refractivity contribution < 1.29 is 8.42 Å². The van der Waals surface area contributed by atoms with Gasteiger partial charge in [0.2, 0.25) is 10.0 Å². The molecule has 0 aliphatic heterocycles. The van der Waals surface area contributed by atoms with Gasteiger partial charge in [-0.15, -0.1) is 0 Å². The second-order valence-corrected chi connectivity index (χ2v) is 7.78. The Morgan fingerprint density at radius 1 is 1.04 bits per heavy atom. The zero-order valence-electron chi connectivity index (χ0n) is 13.6. The van der Waals surface area contributed by atoms with E-state index in [1.807, 2.05) is 44.2 Å². The van der Waals surface area contributed by atoms with Crippen LogP contribution in [0.5, 0.6) is 0 Å². The van der Waals surface area contributed by atoms with Gasteiger partial charge in [-0.25, -0.2) is 13.1 Å². The van der Waals surface area contributed by atoms with Gasteiger partial charge < -0.3 is 0 Å². The average molecular weight is 344 g/mol. The Morgan fingerprint density at radius 3 is 2.38 bits per heavy atom. The third kappa shape index (κ3) is 3.63. The zero-order chi connectivity index (χ0) is 17.2. The van der Waals surface area contributed by atoms with Crippen molar-refractivity contribution >= 4 is 20.8 Å². The standard InChI is InChI=1S/C17H20N4O2S/c1-13(2)17(12-21-18-9-10-19-21)20-24(22,23)16-8-7-14-5-3-4-6-15(14)11-16/h3-11,13,17,20H,12H2,1-2H3. The van der Waals surface area contributed by atoms with E-state index in [-0.39, 0.29) is 16.9 Å². The topological polar surface area (TPSA) is 76.9 Å². The van der Waals surface area contributed by atoms with Crippen molar-refractivity contribution in [2.75, 3.05) is 0 Å². The third-order valence-electron chi connectivity index (χ3n) is 3.97. The van der Waals surface area contributed by atoms with E-state index in [1.165, 1.54) is 4.80 Å². The lowest BCUT2D eigenvalue weighted by Crippen LogP contribution is -2.41. The van der Waals surface area contributed by atoms with Crippen molar-refractivity contribution in [3.63, 3.8) is 0 Å². The number of nitrogens with zero attached hydrogens (tertiary/aromatic N) is 3. The van der Waals surface area contributed by atoms with E-state index in [0.29, 0.717) is 6.54 Å². The second-order valence-electron chi connectivity index (χ2n) is 6.06. The molecule has 0 fully saturated rings. The number of hydrogen-bond donors (Lipinski definition) is 1. The van der Waals surface area contributed by atoms with Crippen LogP contribution in [0.1, 0.15) is 13.8 Å². The molecule has 1 aromatic heterocycles. The van der Waals surface area contributed by atoms with Crippen molar-refractivity contribution in [2.45, 2.75) is 31.3 Å². The first-order valence-corrected chi connectivity index (χ1v) is 9.29. The molecule has 0 radical (unpaired) electrons. The molecule has 24 heavy (non-hydrogen) atoms. The highest BCUT2D eigenvalue weighted by Crippen LogP contribution is 2.20. The van der Waals surface area contributed by atoms with Gasteiger partial charge in [0.1, 0.15) is 0 Å². The van der Waals surface area contributed by atoms with Gasteiger partial charge >= 0.3 is 0 Å². The molecule has 0 saturated heterocycles. The highest BCUT2D eigenvalue weighted by Gasteiger charge is 2.23. The third-order valence-corrected chi connectivity index (χ3v) is 5.46. The van der Waals surface area contributed by atoms with Crippen molar-refractivity contribution in [3.8, 4) is 0 Å². The van der Waals surface area contributed by atoms with Gasteiger partial charge in [-0.05, 0) is 28.8 Å². The molecule has 0 saturated carbocycles. The first-order valence-electron chi connectivity index (χ1n) is 7.81. The molecule has 1 heterocycles. The summed E-state index contributed by atoms with van der Waals surface area (Å²) in [5.74, 6) is 0.103. The van der Waals surface area contributed by atoms with Crippen molar-refractivity contribution in [1.82, 2.24) is 19.7 Å². The first-order chi connectivity index (χ1) is 11.5. The van der Waals surface area contributed by atoms with Gasteiger partial charge in [0.25, 0.3) is 0 Å². The van der Waals surface area contributed by atoms with Gasteiger partial charge in [-0.1, -0.05) is 44.2 Å². The van der Waals surface area contributed by atoms with E-state index in [2.05, 4.69) is 14.9 Å². The smallest absolute Gasteiger partial charge is 0.207 e. The molecule has 3 rings (SSSR count). The highest BCUT2D eigenvalue weighted by atomic mass is 32.2. The Hall–Kier alpha value is -2.25. The maximum Gasteiger partial charge on any atom is 0.240 e. The number of sulfonamides is 1. The molecule has 6 nitrogen and oxygen atoms in total. The lowest BCUT2D eigenvalue weighted by atomic mass is 10.1. The quantitative estimate of drug-likeness (QED) is 0.745. The van der Waals surface area contributed by atoms with Crippen LogP contribution in [0, 0.1) is 5.92 Å². The first kappa shape index (κ1) is 16.6. The van der Waals surface area contributed by atoms with Crippen LogP contribution in [0.15, 0.2) is 59.8 Å². The molecular formula is C17H20N4O2S. The summed E-state index contributed by atoms with van der Waals surface area (Å²) >= 11 is 0. The molecule has 1 unspecified atom stereocenters. The summed E-state index contributed by atoms with van der Waals surface area (Å²) < 4.78 is 28.3. The molecule has 1 atom stereocenters. The van der Waals surface area contributed by atoms with E-state index in [9.17, 15) is 8.42 Å². The molecule has 0 bridgehead atoms. The van der Waals surface area contributed by atoms with E-state index < -0.39 is 10.0 Å². The molecule has 0 aliphatic carbocycles. The van der Waals surface area contributed by atoms with Crippen LogP contribution >= 0.6 is 0 Å². The highest BCUT2D eigenvalue weighted by molar-refractivity contribution is 7.89. The van der Waals surface area contributed by atoms with Crippen LogP contribution in [0.4, 0.5) is 0 Å². The van der Waals surface area contributed by atoms with Gasteiger partial charge in [0.05, 0.1) is 23.8 Å². The summed E-state index contributed by atoms with van der Waals surface area (Å²) in [6, 6.07) is 12.5. The molecule has 3 aromatic rings. The molecule has 0 amide bonds. The fourth-order valence-electron chi connectivity index (χ4n) is 2.50. The van der Waals surface area contributed by atoms with E-state index >= 15 is 0 Å². The summed E-state index contributed by atoms with van der Waals surface area (Å²) in [6.45, 7) is 4.33. The molecule has 7 heteroatoms. The van der Waals surface area contributed by atoms with Crippen molar-refractivity contribution in [2.24, 2.45) is 5.92 Å². The molecule has 126 valence electrons. The maximum absolute atomic E-state index is 12.8. The Bertz CT molecular complexity index is 921. The number of rotatable bonds is 6. The lowest BCUT2D eigenvalue weighted by molar-refractivity contribution is 0.361. The van der Waals surface area contributed by atoms with Crippen LogP contribution in [0.3, 0.4) is 0 Å². The SMILES string of the molecule is CC(C)C(Cn1nccn1)NS(=O)(=O)c1ccc2ccccc2c1. The molecule has 0 aliphatic rings. The number of hydrogen-bond acceptors (Lipinski definition) is 4. The summed E-state index contributed by atoms with van der Waals surface area (Å²) in [7, 11) is -3.62. The number of nitrogens with one attached hydrogen (secondary N) is 1. The summed E-state index contributed by atoms with van der Waals surface area (Å²) in [6.07, 6.45) is 3.16. The molecular weight excluding hydrogens is 324 g/mol. The van der Waals surface area contributed by atoms with E-state index in [4.69, 9.17) is 0 Å². The summed E-state index contributed by atoms with van der Waals surface area (Å²) in [5, 5.41) is 10.0. The second kappa shape index (κ2) is 6.70. The van der Waals surface area contributed by atoms with E-state index in [0.717, 1.165) is 10.8 Å². The zero-order valence-corrected chi connectivity index (χ0v) is 14.4. The maximum atomic E-state index is 12.8. The van der Waals surface area contributed by atoms with Crippen LogP contribution < -0.4 is 4.72 Å². The lowest BCUT2D eigenvalue weighted by Gasteiger charge is -2.21. The number of aromatic nitrogens is 3. The van der Waals surface area contributed by atoms with Crippen LogP contribution in [-0.4, -0.2) is 29.5 Å². The minimum atomic E-state index is -3.62. The summed E-state index contributed by atoms with van der Waals surface area (Å²) in [5.41, 5.74) is 0. The minimum absolute atomic E-state index is 0.103. The van der Waals surface area contributed by atoms with Crippen molar-refractivity contribution in [3.05, 3.63) is 54.9 Å². The number of benzene rings is 2. The largest absolute Gasteiger partial charge is 0.240 e. The fraction of sp³-hybridized carbons (Fsp3) is 0.294. The normalized spacial score (nSPS) is 13.5. The Kier molecular flexibility index (Phi) is 4.64. The van der Waals surface area contributed by atoms with Crippen LogP contribution in [0.25, 0.3) is 10.8 Å². The van der Waals surface area contributed by atoms with Crippen LogP contribution in [0.2, 0.25) is 0 Å². The average Bonchev–Trinajstić information content (AvgIpc) is 3.06. The van der Waals surface area contributed by atoms with Crippen molar-refractivity contribution in [1.29, 1.82) is 0 Å². The Morgan fingerprint density at radius 2 is 1.71 bits per heavy atom. The Labute approximate surface area is 141 Å². The van der Waals surface area contributed by atoms with Crippen LogP contribution in [-0.2, 0) is 16.6 Å². The molecule has 0 spiro atoms. The fourth-order valence-corrected chi connectivity index (χ4v) is 3.91. The van der Waals surface area contributed by atoms with E-state index in [1.54, 1.807) is 24.5 Å². The summed E-state index contributed by atoms with van der Waals surface area (Å²) in [4.78, 5) is 1.76. The molecule has 2 aromatic carbocycles. The van der Waals surface area contributed by atoms with Gasteiger partial charge in [0.15, 0.2) is 0 Å². The van der Waals surface area contributed by atoms with Gasteiger partial charge in [-0.3, -0.25) is 0 Å². The predicted octanol–water partition coefficient (Wildman–Crippen LogP) is 2.43. The minimum Gasteiger partial charge on any atom is -0.207 e. The monoisotopic (exact) mass is 344 g/mol. The Balaban J connectivity index is 1.87. The molecule has 1 N–H and O–H groups in total. The number of fused-ring (bicyclic) bond motifs is 1. The van der Waals surface area contributed by atoms with Gasteiger partial charge in [0, 0.05) is 6.04 Å².